The zero-order chi connectivity index (χ0) is 20.3. The molecule has 0 spiro atoms. The number of aromatic amines is 2. The van der Waals surface area contributed by atoms with Crippen LogP contribution < -0.4 is 0 Å². The highest BCUT2D eigenvalue weighted by atomic mass is 35.5. The van der Waals surface area contributed by atoms with Gasteiger partial charge in [0.25, 0.3) is 0 Å². The summed E-state index contributed by atoms with van der Waals surface area (Å²) in [5.74, 6) is 0.517. The summed E-state index contributed by atoms with van der Waals surface area (Å²) in [6.45, 7) is 10.6. The lowest BCUT2D eigenvalue weighted by Gasteiger charge is -2.27. The second-order valence-corrected chi connectivity index (χ2v) is 9.47. The fourth-order valence-corrected chi connectivity index (χ4v) is 4.26. The summed E-state index contributed by atoms with van der Waals surface area (Å²) in [5, 5.41) is 7.93. The Kier molecular flexibility index (Phi) is 4.27. The van der Waals surface area contributed by atoms with Gasteiger partial charge in [-0.05, 0) is 29.0 Å². The number of fused-ring (bicyclic) bond motifs is 2. The lowest BCUT2D eigenvalue weighted by molar-refractivity contribution is 0.522. The van der Waals surface area contributed by atoms with Crippen molar-refractivity contribution in [2.24, 2.45) is 0 Å². The number of para-hydroxylation sites is 1. The molecule has 2 N–H and O–H groups in total. The summed E-state index contributed by atoms with van der Waals surface area (Å²) in [7, 11) is 0. The number of nitrogens with zero attached hydrogens (tertiary/aromatic N) is 2. The van der Waals surface area contributed by atoms with Gasteiger partial charge in [-0.3, -0.25) is 5.10 Å². The molecule has 28 heavy (non-hydrogen) atoms. The van der Waals surface area contributed by atoms with Crippen LogP contribution in [0.2, 0.25) is 5.02 Å². The first-order valence-electron chi connectivity index (χ1n) is 9.37. The van der Waals surface area contributed by atoms with Gasteiger partial charge in [0.1, 0.15) is 11.6 Å². The highest BCUT2D eigenvalue weighted by molar-refractivity contribution is 6.32. The molecular formula is C22H24ClFN4. The van der Waals surface area contributed by atoms with E-state index in [1.165, 1.54) is 6.07 Å². The second-order valence-electron chi connectivity index (χ2n) is 9.09. The van der Waals surface area contributed by atoms with Gasteiger partial charge in [0.2, 0.25) is 0 Å². The number of rotatable bonds is 3. The summed E-state index contributed by atoms with van der Waals surface area (Å²) in [4.78, 5) is 8.31. The molecule has 0 saturated heterocycles. The summed E-state index contributed by atoms with van der Waals surface area (Å²) in [5.41, 5.74) is 4.00. The monoisotopic (exact) mass is 398 g/mol. The van der Waals surface area contributed by atoms with E-state index in [2.05, 4.69) is 55.9 Å². The zero-order valence-electron chi connectivity index (χ0n) is 16.7. The molecule has 4 aromatic rings. The molecule has 0 aliphatic heterocycles. The third kappa shape index (κ3) is 3.08. The van der Waals surface area contributed by atoms with Crippen molar-refractivity contribution < 1.29 is 4.39 Å². The molecule has 2 heterocycles. The number of halogens is 2. The van der Waals surface area contributed by atoms with E-state index in [0.29, 0.717) is 11.9 Å². The standard InChI is InChI=1S/C22H24ClFN4/c1-21(2,3)20-26-15-8-6-7-12(19(15)27-20)10-22(4,5)17-13-11-25-28-16(13)9-14(24)18(17)23/h6-9,11H,10H2,1-5H3,(H,25,28)(H,26,27). The number of hydrogen-bond donors (Lipinski definition) is 2. The van der Waals surface area contributed by atoms with Gasteiger partial charge >= 0.3 is 0 Å². The minimum Gasteiger partial charge on any atom is -0.342 e. The number of nitrogens with one attached hydrogen (secondary N) is 2. The molecule has 146 valence electrons. The molecule has 0 atom stereocenters. The Bertz CT molecular complexity index is 1180. The molecule has 2 aromatic heterocycles. The molecule has 4 rings (SSSR count). The summed E-state index contributed by atoms with van der Waals surface area (Å²) >= 11 is 6.42. The second kappa shape index (κ2) is 6.31. The maximum Gasteiger partial charge on any atom is 0.144 e. The zero-order valence-corrected chi connectivity index (χ0v) is 17.5. The topological polar surface area (TPSA) is 57.4 Å². The molecule has 0 bridgehead atoms. The first kappa shape index (κ1) is 18.9. The number of hydrogen-bond acceptors (Lipinski definition) is 2. The fourth-order valence-electron chi connectivity index (χ4n) is 3.85. The van der Waals surface area contributed by atoms with E-state index < -0.39 is 11.2 Å². The average Bonchev–Trinajstić information content (AvgIpc) is 3.21. The number of imidazole rings is 1. The maximum absolute atomic E-state index is 14.4. The van der Waals surface area contributed by atoms with E-state index in [4.69, 9.17) is 16.6 Å². The highest BCUT2D eigenvalue weighted by Gasteiger charge is 2.30. The van der Waals surface area contributed by atoms with E-state index in [0.717, 1.165) is 33.4 Å². The Morgan fingerprint density at radius 3 is 2.57 bits per heavy atom. The van der Waals surface area contributed by atoms with Gasteiger partial charge in [0, 0.05) is 16.9 Å². The van der Waals surface area contributed by atoms with Gasteiger partial charge in [-0.25, -0.2) is 9.37 Å². The van der Waals surface area contributed by atoms with E-state index in [9.17, 15) is 4.39 Å². The molecule has 6 heteroatoms. The van der Waals surface area contributed by atoms with E-state index in [-0.39, 0.29) is 10.4 Å². The van der Waals surface area contributed by atoms with Crippen molar-refractivity contribution in [3.8, 4) is 0 Å². The van der Waals surface area contributed by atoms with Crippen LogP contribution in [0, 0.1) is 5.82 Å². The quantitative estimate of drug-likeness (QED) is 0.441. The fraction of sp³-hybridized carbons (Fsp3) is 0.364. The molecule has 2 aromatic carbocycles. The van der Waals surface area contributed by atoms with Gasteiger partial charge in [0.15, 0.2) is 0 Å². The lowest BCUT2D eigenvalue weighted by atomic mass is 9.77. The predicted octanol–water partition coefficient (Wildman–Crippen LogP) is 6.05. The van der Waals surface area contributed by atoms with E-state index in [1.807, 2.05) is 12.1 Å². The van der Waals surface area contributed by atoms with Crippen LogP contribution in [0.5, 0.6) is 0 Å². The average molecular weight is 399 g/mol. The van der Waals surface area contributed by atoms with Gasteiger partial charge in [-0.1, -0.05) is 58.4 Å². The SMILES string of the molecule is CC(C)(C)c1nc2c(CC(C)(C)c3c(Cl)c(F)cc4[nH]ncc34)cccc2[nH]1. The summed E-state index contributed by atoms with van der Waals surface area (Å²) in [6, 6.07) is 7.54. The number of benzene rings is 2. The Labute approximate surface area is 168 Å². The minimum absolute atomic E-state index is 0.0688. The molecule has 0 saturated carbocycles. The largest absolute Gasteiger partial charge is 0.342 e. The van der Waals surface area contributed by atoms with Gasteiger partial charge < -0.3 is 4.98 Å². The molecule has 4 nitrogen and oxygen atoms in total. The van der Waals surface area contributed by atoms with Crippen LogP contribution in [-0.4, -0.2) is 20.2 Å². The van der Waals surface area contributed by atoms with E-state index >= 15 is 0 Å². The molecule has 0 unspecified atom stereocenters. The molecule has 0 radical (unpaired) electrons. The van der Waals surface area contributed by atoms with Crippen molar-refractivity contribution in [1.29, 1.82) is 0 Å². The van der Waals surface area contributed by atoms with Crippen LogP contribution in [0.1, 0.15) is 51.6 Å². The van der Waals surface area contributed by atoms with Gasteiger partial charge in [-0.2, -0.15) is 5.10 Å². The molecule has 0 aliphatic rings. The third-order valence-electron chi connectivity index (χ3n) is 5.25. The van der Waals surface area contributed by atoms with Crippen LogP contribution in [0.3, 0.4) is 0 Å². The third-order valence-corrected chi connectivity index (χ3v) is 5.62. The minimum atomic E-state index is -0.436. The Morgan fingerprint density at radius 2 is 1.86 bits per heavy atom. The smallest absolute Gasteiger partial charge is 0.144 e. The lowest BCUT2D eigenvalue weighted by Crippen LogP contribution is -2.22. The van der Waals surface area contributed by atoms with Crippen LogP contribution in [0.15, 0.2) is 30.5 Å². The Balaban J connectivity index is 1.84. The number of aromatic nitrogens is 4. The van der Waals surface area contributed by atoms with E-state index in [1.54, 1.807) is 6.20 Å². The number of H-pyrrole nitrogens is 2. The van der Waals surface area contributed by atoms with Crippen molar-refractivity contribution >= 4 is 33.5 Å². The molecule has 0 amide bonds. The van der Waals surface area contributed by atoms with Crippen molar-refractivity contribution in [1.82, 2.24) is 20.2 Å². The summed E-state index contributed by atoms with van der Waals surface area (Å²) < 4.78 is 14.4. The van der Waals surface area contributed by atoms with Crippen molar-refractivity contribution in [3.63, 3.8) is 0 Å². The van der Waals surface area contributed by atoms with Crippen molar-refractivity contribution in [3.05, 3.63) is 58.3 Å². The Hall–Kier alpha value is -2.40. The van der Waals surface area contributed by atoms with Crippen molar-refractivity contribution in [2.45, 2.75) is 51.9 Å². The Morgan fingerprint density at radius 1 is 1.11 bits per heavy atom. The van der Waals surface area contributed by atoms with Crippen LogP contribution in [0.4, 0.5) is 4.39 Å². The van der Waals surface area contributed by atoms with Crippen LogP contribution >= 0.6 is 11.6 Å². The molecular weight excluding hydrogens is 375 g/mol. The molecule has 0 aliphatic carbocycles. The first-order chi connectivity index (χ1) is 13.1. The first-order valence-corrected chi connectivity index (χ1v) is 9.75. The van der Waals surface area contributed by atoms with Gasteiger partial charge in [0.05, 0.1) is 27.8 Å². The van der Waals surface area contributed by atoms with Crippen molar-refractivity contribution in [2.75, 3.05) is 0 Å². The molecule has 0 fully saturated rings. The van der Waals surface area contributed by atoms with Gasteiger partial charge in [-0.15, -0.1) is 0 Å². The normalized spacial score (nSPS) is 13.0. The maximum atomic E-state index is 14.4. The summed E-state index contributed by atoms with van der Waals surface area (Å²) in [6.07, 6.45) is 2.38. The highest BCUT2D eigenvalue weighted by Crippen LogP contribution is 2.40. The van der Waals surface area contributed by atoms with Crippen LogP contribution in [-0.2, 0) is 17.3 Å². The predicted molar refractivity (Wildman–Crippen MR) is 113 cm³/mol. The van der Waals surface area contributed by atoms with Crippen LogP contribution in [0.25, 0.3) is 21.9 Å².